The average molecular weight is 292 g/mol. The van der Waals surface area contributed by atoms with Crippen LogP contribution in [0, 0.1) is 0 Å². The zero-order chi connectivity index (χ0) is 14.4. The van der Waals surface area contributed by atoms with Crippen molar-refractivity contribution in [1.29, 1.82) is 0 Å². The Bertz CT molecular complexity index is 640. The molecule has 0 saturated carbocycles. The maximum Gasteiger partial charge on any atom is 0.294 e. The first-order chi connectivity index (χ1) is 9.55. The van der Waals surface area contributed by atoms with Gasteiger partial charge in [0.05, 0.1) is 4.90 Å². The highest BCUT2D eigenvalue weighted by Gasteiger charge is 2.07. The average Bonchev–Trinajstić information content (AvgIpc) is 2.44. The van der Waals surface area contributed by atoms with Gasteiger partial charge in [0.25, 0.3) is 10.1 Å². The molecule has 3 N–H and O–H groups in total. The smallest absolute Gasteiger partial charge is 0.294 e. The minimum absolute atomic E-state index is 0.106. The molecule has 0 amide bonds. The largest absolute Gasteiger partial charge is 0.383 e. The predicted molar refractivity (Wildman–Crippen MR) is 79.7 cm³/mol. The second-order valence-corrected chi connectivity index (χ2v) is 5.64. The lowest BCUT2D eigenvalue weighted by molar-refractivity contribution is 0.483. The van der Waals surface area contributed by atoms with E-state index in [-0.39, 0.29) is 4.90 Å². The van der Waals surface area contributed by atoms with E-state index in [2.05, 4.69) is 10.6 Å². The van der Waals surface area contributed by atoms with E-state index < -0.39 is 10.1 Å². The second kappa shape index (κ2) is 6.40. The van der Waals surface area contributed by atoms with Gasteiger partial charge in [-0.05, 0) is 36.4 Å². The molecule has 106 valence electrons. The lowest BCUT2D eigenvalue weighted by Gasteiger charge is -2.09. The second-order valence-electron chi connectivity index (χ2n) is 4.22. The summed E-state index contributed by atoms with van der Waals surface area (Å²) in [7, 11) is -4.12. The third-order valence-corrected chi connectivity index (χ3v) is 3.58. The van der Waals surface area contributed by atoms with Gasteiger partial charge in [-0.1, -0.05) is 18.2 Å². The Morgan fingerprint density at radius 3 is 1.80 bits per heavy atom. The van der Waals surface area contributed by atoms with Crippen LogP contribution in [0.4, 0.5) is 11.4 Å². The molecule has 0 aliphatic carbocycles. The number of anilines is 2. The highest BCUT2D eigenvalue weighted by Crippen LogP contribution is 2.13. The van der Waals surface area contributed by atoms with Crippen LogP contribution in [0.1, 0.15) is 0 Å². The van der Waals surface area contributed by atoms with Crippen LogP contribution in [0.2, 0.25) is 0 Å². The molecule has 0 heterocycles. The molecule has 2 aromatic rings. The molecule has 6 heteroatoms. The maximum absolute atomic E-state index is 10.9. The van der Waals surface area contributed by atoms with E-state index in [1.54, 1.807) is 12.1 Å². The molecule has 0 bridgehead atoms. The minimum Gasteiger partial charge on any atom is -0.383 e. The van der Waals surface area contributed by atoms with Crippen LogP contribution in [-0.4, -0.2) is 26.1 Å². The van der Waals surface area contributed by atoms with Crippen molar-refractivity contribution in [3.05, 3.63) is 54.6 Å². The van der Waals surface area contributed by atoms with E-state index >= 15 is 0 Å². The van der Waals surface area contributed by atoms with Gasteiger partial charge in [-0.15, -0.1) is 0 Å². The topological polar surface area (TPSA) is 78.4 Å². The van der Waals surface area contributed by atoms with Crippen molar-refractivity contribution in [1.82, 2.24) is 0 Å². The number of nitrogens with one attached hydrogen (secondary N) is 2. The fraction of sp³-hybridized carbons (Fsp3) is 0.143. The molecule has 0 aliphatic rings. The highest BCUT2D eigenvalue weighted by molar-refractivity contribution is 7.85. The zero-order valence-electron chi connectivity index (χ0n) is 10.8. The van der Waals surface area contributed by atoms with Gasteiger partial charge in [0.2, 0.25) is 0 Å². The van der Waals surface area contributed by atoms with E-state index in [9.17, 15) is 8.42 Å². The van der Waals surface area contributed by atoms with Crippen LogP contribution in [0.3, 0.4) is 0 Å². The Balaban J connectivity index is 1.80. The third-order valence-electron chi connectivity index (χ3n) is 2.71. The van der Waals surface area contributed by atoms with Crippen LogP contribution in [0.25, 0.3) is 0 Å². The summed E-state index contributed by atoms with van der Waals surface area (Å²) in [6.07, 6.45) is 0. The van der Waals surface area contributed by atoms with Crippen molar-refractivity contribution in [3.8, 4) is 0 Å². The van der Waals surface area contributed by atoms with Crippen LogP contribution < -0.4 is 10.6 Å². The molecule has 0 radical (unpaired) electrons. The highest BCUT2D eigenvalue weighted by atomic mass is 32.2. The molecule has 2 aromatic carbocycles. The molecule has 0 aliphatic heterocycles. The standard InChI is InChI=1S/C14H16N2O3S/c17-20(18,19)14-8-6-13(7-9-14)16-11-10-15-12-4-2-1-3-5-12/h1-9,15-16H,10-11H2,(H,17,18,19). The summed E-state index contributed by atoms with van der Waals surface area (Å²) in [6.45, 7) is 1.43. The molecule has 5 nitrogen and oxygen atoms in total. The summed E-state index contributed by atoms with van der Waals surface area (Å²) in [4.78, 5) is -0.106. The molecule has 20 heavy (non-hydrogen) atoms. The first-order valence-corrected chi connectivity index (χ1v) is 7.60. The van der Waals surface area contributed by atoms with Gasteiger partial charge in [0.1, 0.15) is 0 Å². The lowest BCUT2D eigenvalue weighted by Crippen LogP contribution is -2.13. The van der Waals surface area contributed by atoms with Gasteiger partial charge in [-0.25, -0.2) is 0 Å². The van der Waals surface area contributed by atoms with E-state index in [0.717, 1.165) is 17.9 Å². The fourth-order valence-corrected chi connectivity index (χ4v) is 2.19. The van der Waals surface area contributed by atoms with E-state index in [4.69, 9.17) is 4.55 Å². The monoisotopic (exact) mass is 292 g/mol. The van der Waals surface area contributed by atoms with Crippen LogP contribution >= 0.6 is 0 Å². The molecule has 0 atom stereocenters. The molecular formula is C14H16N2O3S. The van der Waals surface area contributed by atoms with Crippen LogP contribution in [0.15, 0.2) is 59.5 Å². The van der Waals surface area contributed by atoms with Crippen molar-refractivity contribution in [3.63, 3.8) is 0 Å². The number of benzene rings is 2. The summed E-state index contributed by atoms with van der Waals surface area (Å²) in [5.74, 6) is 0. The van der Waals surface area contributed by atoms with Gasteiger partial charge < -0.3 is 10.6 Å². The van der Waals surface area contributed by atoms with Crippen LogP contribution in [-0.2, 0) is 10.1 Å². The molecule has 0 fully saturated rings. The molecule has 0 aromatic heterocycles. The number of hydrogen-bond donors (Lipinski definition) is 3. The normalized spacial score (nSPS) is 11.1. The molecule has 0 saturated heterocycles. The summed E-state index contributed by atoms with van der Waals surface area (Å²) < 4.78 is 30.6. The number of hydrogen-bond acceptors (Lipinski definition) is 4. The maximum atomic E-state index is 10.9. The van der Waals surface area contributed by atoms with Crippen molar-refractivity contribution >= 4 is 21.5 Å². The van der Waals surface area contributed by atoms with Crippen LogP contribution in [0.5, 0.6) is 0 Å². The van der Waals surface area contributed by atoms with Gasteiger partial charge in [-0.3, -0.25) is 4.55 Å². The molecule has 2 rings (SSSR count). The van der Waals surface area contributed by atoms with E-state index in [1.807, 2.05) is 30.3 Å². The van der Waals surface area contributed by atoms with Crippen molar-refractivity contribution in [2.24, 2.45) is 0 Å². The van der Waals surface area contributed by atoms with Gasteiger partial charge in [-0.2, -0.15) is 8.42 Å². The summed E-state index contributed by atoms with van der Waals surface area (Å²) in [5.41, 5.74) is 1.85. The lowest BCUT2D eigenvalue weighted by atomic mass is 10.3. The third kappa shape index (κ3) is 4.25. The van der Waals surface area contributed by atoms with Crippen molar-refractivity contribution in [2.75, 3.05) is 23.7 Å². The first-order valence-electron chi connectivity index (χ1n) is 6.16. The van der Waals surface area contributed by atoms with Crippen molar-refractivity contribution in [2.45, 2.75) is 4.90 Å². The zero-order valence-corrected chi connectivity index (χ0v) is 11.6. The molecule has 0 unspecified atom stereocenters. The van der Waals surface area contributed by atoms with E-state index in [0.29, 0.717) is 6.54 Å². The van der Waals surface area contributed by atoms with Gasteiger partial charge in [0.15, 0.2) is 0 Å². The Hall–Kier alpha value is -2.05. The SMILES string of the molecule is O=S(=O)(O)c1ccc(NCCNc2ccccc2)cc1. The summed E-state index contributed by atoms with van der Waals surface area (Å²) >= 11 is 0. The quantitative estimate of drug-likeness (QED) is 0.563. The Morgan fingerprint density at radius 2 is 1.30 bits per heavy atom. The molecular weight excluding hydrogens is 276 g/mol. The van der Waals surface area contributed by atoms with Gasteiger partial charge in [0, 0.05) is 24.5 Å². The van der Waals surface area contributed by atoms with E-state index in [1.165, 1.54) is 12.1 Å². The Labute approximate surface area is 118 Å². The molecule has 0 spiro atoms. The number of rotatable bonds is 6. The summed E-state index contributed by atoms with van der Waals surface area (Å²) in [6, 6.07) is 15.8. The Kier molecular flexibility index (Phi) is 4.60. The minimum atomic E-state index is -4.12. The summed E-state index contributed by atoms with van der Waals surface area (Å²) in [5, 5.41) is 6.41. The van der Waals surface area contributed by atoms with Gasteiger partial charge >= 0.3 is 0 Å². The first kappa shape index (κ1) is 14.4. The predicted octanol–water partition coefficient (Wildman–Crippen LogP) is 2.46. The Morgan fingerprint density at radius 1 is 0.800 bits per heavy atom. The fourth-order valence-electron chi connectivity index (χ4n) is 1.71. The van der Waals surface area contributed by atoms with Crippen molar-refractivity contribution < 1.29 is 13.0 Å². The number of para-hydroxylation sites is 1.